The Bertz CT molecular complexity index is 578. The summed E-state index contributed by atoms with van der Waals surface area (Å²) >= 11 is 0. The summed E-state index contributed by atoms with van der Waals surface area (Å²) in [5.74, 6) is 0.455. The molecule has 0 atom stereocenters. The van der Waals surface area contributed by atoms with Gasteiger partial charge >= 0.3 is 0 Å². The van der Waals surface area contributed by atoms with Crippen molar-refractivity contribution in [1.29, 1.82) is 0 Å². The number of tetrazole rings is 1. The van der Waals surface area contributed by atoms with E-state index < -0.39 is 0 Å². The molecule has 0 radical (unpaired) electrons. The van der Waals surface area contributed by atoms with Crippen molar-refractivity contribution < 1.29 is 4.79 Å². The second-order valence-electron chi connectivity index (χ2n) is 4.66. The molecule has 1 N–H and O–H groups in total. The molecule has 0 saturated carbocycles. The summed E-state index contributed by atoms with van der Waals surface area (Å²) in [7, 11) is 0. The molecule has 2 aromatic rings. The summed E-state index contributed by atoms with van der Waals surface area (Å²) in [4.78, 5) is 13.0. The van der Waals surface area contributed by atoms with Crippen molar-refractivity contribution in [2.75, 3.05) is 6.54 Å². The molecule has 0 aliphatic carbocycles. The number of carbonyl (C=O) groups excluding carboxylic acids is 1. The van der Waals surface area contributed by atoms with Gasteiger partial charge in [0.1, 0.15) is 6.54 Å². The molecule has 1 aromatic heterocycles. The Kier molecular flexibility index (Phi) is 4.81. The molecule has 0 bridgehead atoms. The lowest BCUT2D eigenvalue weighted by Crippen LogP contribution is -2.29. The molecule has 0 unspecified atom stereocenters. The average molecular weight is 273 g/mol. The predicted molar refractivity (Wildman–Crippen MR) is 75.9 cm³/mol. The smallest absolute Gasteiger partial charge is 0.243 e. The number of hydrogen-bond acceptors (Lipinski definition) is 4. The second kappa shape index (κ2) is 6.79. The molecule has 0 aliphatic heterocycles. The topological polar surface area (TPSA) is 72.7 Å². The maximum absolute atomic E-state index is 11.7. The number of aryl methyl sites for hydroxylation is 1. The van der Waals surface area contributed by atoms with Gasteiger partial charge in [-0.1, -0.05) is 37.6 Å². The van der Waals surface area contributed by atoms with Crippen molar-refractivity contribution in [1.82, 2.24) is 25.5 Å². The van der Waals surface area contributed by atoms with E-state index in [9.17, 15) is 4.79 Å². The van der Waals surface area contributed by atoms with Crippen LogP contribution in [0.5, 0.6) is 0 Å². The van der Waals surface area contributed by atoms with Gasteiger partial charge in [0.2, 0.25) is 11.7 Å². The maximum Gasteiger partial charge on any atom is 0.243 e. The van der Waals surface area contributed by atoms with Gasteiger partial charge in [0.15, 0.2) is 0 Å². The third kappa shape index (κ3) is 3.63. The highest BCUT2D eigenvalue weighted by Crippen LogP contribution is 2.17. The van der Waals surface area contributed by atoms with Gasteiger partial charge in [-0.2, -0.15) is 4.80 Å². The van der Waals surface area contributed by atoms with E-state index in [2.05, 4.69) is 27.7 Å². The summed E-state index contributed by atoms with van der Waals surface area (Å²) in [5, 5.41) is 15.0. The summed E-state index contributed by atoms with van der Waals surface area (Å²) in [6, 6.07) is 7.83. The van der Waals surface area contributed by atoms with Crippen LogP contribution in [0.2, 0.25) is 0 Å². The van der Waals surface area contributed by atoms with Crippen LogP contribution in [0, 0.1) is 6.92 Å². The number of unbranched alkanes of at least 4 members (excludes halogenated alkanes) is 1. The lowest BCUT2D eigenvalue weighted by Gasteiger charge is -2.02. The van der Waals surface area contributed by atoms with Crippen molar-refractivity contribution in [3.05, 3.63) is 29.8 Å². The van der Waals surface area contributed by atoms with E-state index in [1.807, 2.05) is 31.2 Å². The molecule has 0 saturated heterocycles. The summed E-state index contributed by atoms with van der Waals surface area (Å²) in [5.41, 5.74) is 2.02. The molecule has 0 aliphatic rings. The van der Waals surface area contributed by atoms with Gasteiger partial charge in [-0.25, -0.2) is 0 Å². The maximum atomic E-state index is 11.7. The average Bonchev–Trinajstić information content (AvgIpc) is 2.88. The van der Waals surface area contributed by atoms with Crippen LogP contribution < -0.4 is 5.32 Å². The predicted octanol–water partition coefficient (Wildman–Crippen LogP) is 1.56. The minimum absolute atomic E-state index is 0.0906. The zero-order valence-corrected chi connectivity index (χ0v) is 11.8. The minimum Gasteiger partial charge on any atom is -0.354 e. The standard InChI is InChI=1S/C14H19N5O/c1-3-4-9-15-13(20)10-19-17-14(16-18-19)12-8-6-5-7-11(12)2/h5-8H,3-4,9-10H2,1-2H3,(H,15,20). The van der Waals surface area contributed by atoms with E-state index in [1.165, 1.54) is 4.80 Å². The summed E-state index contributed by atoms with van der Waals surface area (Å²) in [6.07, 6.45) is 2.03. The quantitative estimate of drug-likeness (QED) is 0.811. The molecule has 2 rings (SSSR count). The van der Waals surface area contributed by atoms with Crippen LogP contribution in [0.25, 0.3) is 11.4 Å². The van der Waals surface area contributed by atoms with E-state index in [4.69, 9.17) is 0 Å². The van der Waals surface area contributed by atoms with Crippen molar-refractivity contribution in [3.63, 3.8) is 0 Å². The van der Waals surface area contributed by atoms with E-state index in [-0.39, 0.29) is 12.5 Å². The number of aromatic nitrogens is 4. The Morgan fingerprint density at radius 2 is 2.15 bits per heavy atom. The van der Waals surface area contributed by atoms with Gasteiger partial charge < -0.3 is 5.32 Å². The number of amides is 1. The number of rotatable bonds is 6. The largest absolute Gasteiger partial charge is 0.354 e. The summed E-state index contributed by atoms with van der Waals surface area (Å²) < 4.78 is 0. The van der Waals surface area contributed by atoms with Crippen LogP contribution in [-0.2, 0) is 11.3 Å². The van der Waals surface area contributed by atoms with E-state index >= 15 is 0 Å². The Hall–Kier alpha value is -2.24. The monoisotopic (exact) mass is 273 g/mol. The van der Waals surface area contributed by atoms with Gasteiger partial charge in [0, 0.05) is 12.1 Å². The van der Waals surface area contributed by atoms with Crippen molar-refractivity contribution >= 4 is 5.91 Å². The highest BCUT2D eigenvalue weighted by Gasteiger charge is 2.10. The van der Waals surface area contributed by atoms with Gasteiger partial charge in [-0.05, 0) is 24.1 Å². The third-order valence-electron chi connectivity index (χ3n) is 2.98. The molecule has 6 nitrogen and oxygen atoms in total. The van der Waals surface area contributed by atoms with E-state index in [0.717, 1.165) is 24.0 Å². The van der Waals surface area contributed by atoms with Crippen molar-refractivity contribution in [2.45, 2.75) is 33.2 Å². The number of benzene rings is 1. The molecule has 20 heavy (non-hydrogen) atoms. The molecule has 0 fully saturated rings. The molecule has 0 spiro atoms. The normalized spacial score (nSPS) is 10.5. The Balaban J connectivity index is 1.99. The zero-order chi connectivity index (χ0) is 14.4. The lowest BCUT2D eigenvalue weighted by atomic mass is 10.1. The summed E-state index contributed by atoms with van der Waals surface area (Å²) in [6.45, 7) is 4.87. The highest BCUT2D eigenvalue weighted by atomic mass is 16.2. The molecular weight excluding hydrogens is 254 g/mol. The van der Waals surface area contributed by atoms with E-state index in [0.29, 0.717) is 12.4 Å². The fourth-order valence-electron chi connectivity index (χ4n) is 1.83. The molecular formula is C14H19N5O. The number of carbonyl (C=O) groups is 1. The Labute approximate surface area is 118 Å². The number of nitrogens with one attached hydrogen (secondary N) is 1. The van der Waals surface area contributed by atoms with Crippen LogP contribution in [-0.4, -0.2) is 32.7 Å². The van der Waals surface area contributed by atoms with Crippen LogP contribution in [0.1, 0.15) is 25.3 Å². The minimum atomic E-state index is -0.0906. The molecule has 1 heterocycles. The highest BCUT2D eigenvalue weighted by molar-refractivity contribution is 5.75. The Morgan fingerprint density at radius 1 is 1.35 bits per heavy atom. The van der Waals surface area contributed by atoms with Gasteiger partial charge in [0.25, 0.3) is 0 Å². The fraction of sp³-hybridized carbons (Fsp3) is 0.429. The first-order chi connectivity index (χ1) is 9.70. The van der Waals surface area contributed by atoms with Crippen LogP contribution in [0.15, 0.2) is 24.3 Å². The third-order valence-corrected chi connectivity index (χ3v) is 2.98. The van der Waals surface area contributed by atoms with Crippen LogP contribution >= 0.6 is 0 Å². The zero-order valence-electron chi connectivity index (χ0n) is 11.8. The molecule has 6 heteroatoms. The first kappa shape index (κ1) is 14.2. The van der Waals surface area contributed by atoms with Crippen LogP contribution in [0.4, 0.5) is 0 Å². The first-order valence-electron chi connectivity index (χ1n) is 6.81. The van der Waals surface area contributed by atoms with Crippen molar-refractivity contribution in [3.8, 4) is 11.4 Å². The fourth-order valence-corrected chi connectivity index (χ4v) is 1.83. The second-order valence-corrected chi connectivity index (χ2v) is 4.66. The Morgan fingerprint density at radius 3 is 2.90 bits per heavy atom. The molecule has 1 amide bonds. The first-order valence-corrected chi connectivity index (χ1v) is 6.81. The van der Waals surface area contributed by atoms with Gasteiger partial charge in [0.05, 0.1) is 0 Å². The van der Waals surface area contributed by atoms with E-state index in [1.54, 1.807) is 0 Å². The molecule has 1 aromatic carbocycles. The number of hydrogen-bond donors (Lipinski definition) is 1. The lowest BCUT2D eigenvalue weighted by molar-refractivity contribution is -0.122. The van der Waals surface area contributed by atoms with Gasteiger partial charge in [-0.3, -0.25) is 4.79 Å². The van der Waals surface area contributed by atoms with Gasteiger partial charge in [-0.15, -0.1) is 10.2 Å². The molecule has 106 valence electrons. The SMILES string of the molecule is CCCCNC(=O)Cn1nnc(-c2ccccc2C)n1. The van der Waals surface area contributed by atoms with Crippen LogP contribution in [0.3, 0.4) is 0 Å². The van der Waals surface area contributed by atoms with Crippen molar-refractivity contribution in [2.24, 2.45) is 0 Å². The number of nitrogens with zero attached hydrogens (tertiary/aromatic N) is 4.